The number of halogens is 1. The van der Waals surface area contributed by atoms with Gasteiger partial charge in [-0.2, -0.15) is 0 Å². The lowest BCUT2D eigenvalue weighted by Crippen LogP contribution is -2.22. The number of aliphatic imine (C=N–C) groups is 1. The summed E-state index contributed by atoms with van der Waals surface area (Å²) in [6.45, 7) is 0.978. The lowest BCUT2D eigenvalue weighted by atomic mass is 10.2. The number of hydrogen-bond donors (Lipinski definition) is 2. The Morgan fingerprint density at radius 3 is 2.45 bits per heavy atom. The second kappa shape index (κ2) is 8.36. The van der Waals surface area contributed by atoms with Crippen molar-refractivity contribution in [3.63, 3.8) is 0 Å². The fourth-order valence-electron chi connectivity index (χ4n) is 1.52. The Bertz CT molecular complexity index is 539. The van der Waals surface area contributed by atoms with E-state index in [2.05, 4.69) is 9.98 Å². The molecule has 0 amide bonds. The maximum atomic E-state index is 5.65. The van der Waals surface area contributed by atoms with Crippen molar-refractivity contribution < 1.29 is 4.74 Å². The van der Waals surface area contributed by atoms with Crippen LogP contribution in [-0.4, -0.2) is 10.9 Å². The molecular weight excluding hydrogens is 367 g/mol. The van der Waals surface area contributed by atoms with Crippen molar-refractivity contribution in [3.05, 3.63) is 59.9 Å². The van der Waals surface area contributed by atoms with Gasteiger partial charge in [-0.1, -0.05) is 18.2 Å². The van der Waals surface area contributed by atoms with Crippen LogP contribution >= 0.6 is 24.0 Å². The molecule has 4 N–H and O–H groups in total. The number of guanidine groups is 1. The van der Waals surface area contributed by atoms with Crippen LogP contribution in [0.15, 0.2) is 53.8 Å². The van der Waals surface area contributed by atoms with Crippen molar-refractivity contribution in [2.75, 3.05) is 0 Å². The first kappa shape index (κ1) is 16.2. The van der Waals surface area contributed by atoms with E-state index in [1.807, 2.05) is 36.4 Å². The van der Waals surface area contributed by atoms with E-state index in [9.17, 15) is 0 Å². The Balaban J connectivity index is 0.00000200. The average molecular weight is 384 g/mol. The van der Waals surface area contributed by atoms with Crippen LogP contribution in [0, 0.1) is 0 Å². The lowest BCUT2D eigenvalue weighted by Gasteiger charge is -2.06. The summed E-state index contributed by atoms with van der Waals surface area (Å²) in [5.41, 5.74) is 12.6. The molecule has 0 atom stereocenters. The summed E-state index contributed by atoms with van der Waals surface area (Å²) in [6, 6.07) is 11.5. The monoisotopic (exact) mass is 384 g/mol. The van der Waals surface area contributed by atoms with Crippen LogP contribution in [0.1, 0.15) is 11.1 Å². The van der Waals surface area contributed by atoms with Gasteiger partial charge < -0.3 is 16.2 Å². The summed E-state index contributed by atoms with van der Waals surface area (Å²) in [6.07, 6.45) is 3.52. The molecule has 0 aliphatic rings. The first-order valence-electron chi connectivity index (χ1n) is 5.90. The van der Waals surface area contributed by atoms with Crippen LogP contribution in [0.3, 0.4) is 0 Å². The number of nitrogens with zero attached hydrogens (tertiary/aromatic N) is 2. The number of nitrogens with two attached hydrogens (primary N) is 2. The Morgan fingerprint density at radius 1 is 1.10 bits per heavy atom. The van der Waals surface area contributed by atoms with E-state index in [4.69, 9.17) is 16.2 Å². The van der Waals surface area contributed by atoms with Gasteiger partial charge in [0.2, 0.25) is 0 Å². The number of ether oxygens (including phenoxy) is 1. The van der Waals surface area contributed by atoms with Crippen molar-refractivity contribution in [1.82, 2.24) is 4.98 Å². The molecule has 106 valence electrons. The third kappa shape index (κ3) is 5.43. The quantitative estimate of drug-likeness (QED) is 0.469. The van der Waals surface area contributed by atoms with Gasteiger partial charge in [0.25, 0.3) is 0 Å². The summed E-state index contributed by atoms with van der Waals surface area (Å²) < 4.78 is 5.65. The van der Waals surface area contributed by atoms with Gasteiger partial charge in [-0.25, -0.2) is 4.99 Å². The van der Waals surface area contributed by atoms with Gasteiger partial charge in [-0.15, -0.1) is 24.0 Å². The zero-order valence-electron chi connectivity index (χ0n) is 10.9. The Kier molecular flexibility index (Phi) is 6.78. The van der Waals surface area contributed by atoms with Crippen LogP contribution in [-0.2, 0) is 13.2 Å². The number of aromatic nitrogens is 1. The molecule has 0 saturated carbocycles. The van der Waals surface area contributed by atoms with E-state index in [1.54, 1.807) is 12.4 Å². The van der Waals surface area contributed by atoms with Gasteiger partial charge in [0.05, 0.1) is 6.54 Å². The standard InChI is InChI=1S/C14H16N4O.HI/c15-14(16)18-9-11-3-5-13(6-4-11)19-10-12-2-1-7-17-8-12;/h1-8H,9-10H2,(H4,15,16,18);1H. The second-order valence-electron chi connectivity index (χ2n) is 4.03. The zero-order chi connectivity index (χ0) is 13.5. The molecular formula is C14H17IN4O. The first-order chi connectivity index (χ1) is 9.24. The van der Waals surface area contributed by atoms with E-state index < -0.39 is 0 Å². The lowest BCUT2D eigenvalue weighted by molar-refractivity contribution is 0.305. The number of benzene rings is 1. The largest absolute Gasteiger partial charge is 0.489 e. The minimum atomic E-state index is 0. The first-order valence-corrected chi connectivity index (χ1v) is 5.90. The summed E-state index contributed by atoms with van der Waals surface area (Å²) in [5, 5.41) is 0. The molecule has 2 aromatic rings. The third-order valence-electron chi connectivity index (χ3n) is 2.50. The maximum Gasteiger partial charge on any atom is 0.186 e. The van der Waals surface area contributed by atoms with Gasteiger partial charge in [-0.05, 0) is 23.8 Å². The summed E-state index contributed by atoms with van der Waals surface area (Å²) in [4.78, 5) is 7.97. The molecule has 0 aliphatic heterocycles. The predicted octanol–water partition coefficient (Wildman–Crippen LogP) is 2.05. The summed E-state index contributed by atoms with van der Waals surface area (Å²) >= 11 is 0. The molecule has 0 unspecified atom stereocenters. The highest BCUT2D eigenvalue weighted by molar-refractivity contribution is 14.0. The van der Waals surface area contributed by atoms with Gasteiger partial charge in [0.15, 0.2) is 5.96 Å². The van der Waals surface area contributed by atoms with E-state index >= 15 is 0 Å². The van der Waals surface area contributed by atoms with Crippen LogP contribution in [0.25, 0.3) is 0 Å². The van der Waals surface area contributed by atoms with Gasteiger partial charge >= 0.3 is 0 Å². The Morgan fingerprint density at radius 2 is 1.85 bits per heavy atom. The fourth-order valence-corrected chi connectivity index (χ4v) is 1.52. The highest BCUT2D eigenvalue weighted by atomic mass is 127. The molecule has 2 rings (SSSR count). The zero-order valence-corrected chi connectivity index (χ0v) is 13.2. The SMILES string of the molecule is I.NC(N)=NCc1ccc(OCc2cccnc2)cc1. The van der Waals surface area contributed by atoms with Crippen molar-refractivity contribution in [2.24, 2.45) is 16.5 Å². The van der Waals surface area contributed by atoms with Crippen molar-refractivity contribution in [2.45, 2.75) is 13.2 Å². The maximum absolute atomic E-state index is 5.65. The number of hydrogen-bond acceptors (Lipinski definition) is 3. The molecule has 0 radical (unpaired) electrons. The van der Waals surface area contributed by atoms with Crippen molar-refractivity contribution in [3.8, 4) is 5.75 Å². The minimum absolute atomic E-state index is 0. The predicted molar refractivity (Wildman–Crippen MR) is 89.9 cm³/mol. The van der Waals surface area contributed by atoms with Gasteiger partial charge in [0.1, 0.15) is 12.4 Å². The number of rotatable bonds is 5. The summed E-state index contributed by atoms with van der Waals surface area (Å²) in [7, 11) is 0. The third-order valence-corrected chi connectivity index (χ3v) is 2.50. The molecule has 0 fully saturated rings. The van der Waals surface area contributed by atoms with Crippen LogP contribution in [0.5, 0.6) is 5.75 Å². The van der Waals surface area contributed by atoms with E-state index in [-0.39, 0.29) is 29.9 Å². The second-order valence-corrected chi connectivity index (χ2v) is 4.03. The van der Waals surface area contributed by atoms with Crippen molar-refractivity contribution >= 4 is 29.9 Å². The minimum Gasteiger partial charge on any atom is -0.489 e. The number of pyridine rings is 1. The molecule has 1 heterocycles. The average Bonchev–Trinajstić information content (AvgIpc) is 2.45. The molecule has 6 heteroatoms. The van der Waals surface area contributed by atoms with Gasteiger partial charge in [-0.3, -0.25) is 4.98 Å². The van der Waals surface area contributed by atoms with Crippen LogP contribution in [0.4, 0.5) is 0 Å². The molecule has 5 nitrogen and oxygen atoms in total. The molecule has 0 saturated heterocycles. The highest BCUT2D eigenvalue weighted by Crippen LogP contribution is 2.14. The highest BCUT2D eigenvalue weighted by Gasteiger charge is 1.97. The topological polar surface area (TPSA) is 86.5 Å². The molecule has 0 spiro atoms. The normalized spacial score (nSPS) is 9.40. The molecule has 0 aliphatic carbocycles. The molecule has 20 heavy (non-hydrogen) atoms. The van der Waals surface area contributed by atoms with Gasteiger partial charge in [0, 0.05) is 18.0 Å². The fraction of sp³-hybridized carbons (Fsp3) is 0.143. The van der Waals surface area contributed by atoms with E-state index in [0.717, 1.165) is 16.9 Å². The van der Waals surface area contributed by atoms with E-state index in [1.165, 1.54) is 0 Å². The smallest absolute Gasteiger partial charge is 0.186 e. The molecule has 1 aromatic carbocycles. The molecule has 0 bridgehead atoms. The Labute approximate surface area is 135 Å². The van der Waals surface area contributed by atoms with Crippen molar-refractivity contribution in [1.29, 1.82) is 0 Å². The Hall–Kier alpha value is -1.83. The summed E-state index contributed by atoms with van der Waals surface area (Å²) in [5.74, 6) is 0.897. The molecule has 1 aromatic heterocycles. The van der Waals surface area contributed by atoms with E-state index in [0.29, 0.717) is 13.2 Å². The van der Waals surface area contributed by atoms with Crippen LogP contribution < -0.4 is 16.2 Å². The van der Waals surface area contributed by atoms with Crippen LogP contribution in [0.2, 0.25) is 0 Å².